The molecule has 146 valence electrons. The summed E-state index contributed by atoms with van der Waals surface area (Å²) in [6.45, 7) is 0. The summed E-state index contributed by atoms with van der Waals surface area (Å²) < 4.78 is 54.6. The van der Waals surface area contributed by atoms with Gasteiger partial charge in [0, 0.05) is 5.69 Å². The first-order valence-corrected chi connectivity index (χ1v) is 7.92. The van der Waals surface area contributed by atoms with Crippen molar-refractivity contribution in [2.45, 2.75) is 6.36 Å². The van der Waals surface area contributed by atoms with Crippen molar-refractivity contribution in [3.8, 4) is 5.75 Å². The summed E-state index contributed by atoms with van der Waals surface area (Å²) in [7, 11) is 0. The minimum atomic E-state index is -4.87. The Labute approximate surface area is 160 Å². The third-order valence-corrected chi connectivity index (χ3v) is 3.47. The number of halogens is 5. The van der Waals surface area contributed by atoms with E-state index in [-0.39, 0.29) is 34.1 Å². The lowest BCUT2D eigenvalue weighted by Crippen LogP contribution is -2.17. The number of aromatic nitrogens is 3. The van der Waals surface area contributed by atoms with Crippen molar-refractivity contribution >= 4 is 40.7 Å². The van der Waals surface area contributed by atoms with Crippen LogP contribution in [0.15, 0.2) is 42.6 Å². The van der Waals surface area contributed by atoms with Crippen molar-refractivity contribution < 1.29 is 22.3 Å². The molecule has 3 rings (SSSR count). The molecule has 0 unspecified atom stereocenters. The second-order valence-electron chi connectivity index (χ2n) is 5.28. The minimum absolute atomic E-state index is 0.0339. The third kappa shape index (κ3) is 5.10. The zero-order valence-corrected chi connectivity index (χ0v) is 14.5. The molecule has 0 aliphatic carbocycles. The number of nitrogen functional groups attached to an aromatic ring is 1. The smallest absolute Gasteiger partial charge is 0.404 e. The van der Waals surface area contributed by atoms with Crippen LogP contribution in [0.25, 0.3) is 0 Å². The Morgan fingerprint density at radius 1 is 1.07 bits per heavy atom. The Hall–Kier alpha value is -3.34. The fourth-order valence-electron chi connectivity index (χ4n) is 2.07. The van der Waals surface area contributed by atoms with Crippen LogP contribution in [-0.2, 0) is 0 Å². The molecule has 2 heterocycles. The Balaban J connectivity index is 1.78. The standard InChI is InChI=1S/C16H11ClF4N6O/c17-9-6-8(4-5-11(9)28-16(19,20)21)24-15-23-7-10(18)14(27-15)26-13-3-1-2-12(22)25-13/h1-7H,(H4,22,23,24,25,26,27). The van der Waals surface area contributed by atoms with Gasteiger partial charge in [0.25, 0.3) is 0 Å². The lowest BCUT2D eigenvalue weighted by molar-refractivity contribution is -0.274. The second-order valence-corrected chi connectivity index (χ2v) is 5.69. The summed E-state index contributed by atoms with van der Waals surface area (Å²) in [4.78, 5) is 11.7. The highest BCUT2D eigenvalue weighted by atomic mass is 35.5. The van der Waals surface area contributed by atoms with Crippen LogP contribution in [0.1, 0.15) is 0 Å². The molecule has 3 aromatic rings. The average molecular weight is 415 g/mol. The molecular formula is C16H11ClF4N6O. The minimum Gasteiger partial charge on any atom is -0.404 e. The molecule has 2 aromatic heterocycles. The van der Waals surface area contributed by atoms with Crippen LogP contribution in [0.4, 0.5) is 46.7 Å². The molecule has 0 atom stereocenters. The first kappa shape index (κ1) is 19.4. The van der Waals surface area contributed by atoms with Gasteiger partial charge in [-0.3, -0.25) is 0 Å². The van der Waals surface area contributed by atoms with Gasteiger partial charge in [0.1, 0.15) is 17.4 Å². The topological polar surface area (TPSA) is 98.0 Å². The predicted octanol–water partition coefficient (Wildman–Crippen LogP) is 4.63. The van der Waals surface area contributed by atoms with Crippen LogP contribution < -0.4 is 21.1 Å². The SMILES string of the molecule is Nc1cccc(Nc2nc(Nc3ccc(OC(F)(F)F)c(Cl)c3)ncc2F)n1. The summed E-state index contributed by atoms with van der Waals surface area (Å²) in [6, 6.07) is 8.22. The molecule has 0 amide bonds. The summed E-state index contributed by atoms with van der Waals surface area (Å²) in [6.07, 6.45) is -3.96. The van der Waals surface area contributed by atoms with Gasteiger partial charge in [-0.05, 0) is 30.3 Å². The highest BCUT2D eigenvalue weighted by Gasteiger charge is 2.32. The molecule has 0 spiro atoms. The monoisotopic (exact) mass is 414 g/mol. The van der Waals surface area contributed by atoms with Gasteiger partial charge in [0.2, 0.25) is 5.95 Å². The molecule has 1 aromatic carbocycles. The normalized spacial score (nSPS) is 11.2. The second kappa shape index (κ2) is 7.72. The number of benzene rings is 1. The number of pyridine rings is 1. The molecule has 4 N–H and O–H groups in total. The van der Waals surface area contributed by atoms with Crippen LogP contribution in [0.3, 0.4) is 0 Å². The molecule has 0 fully saturated rings. The maximum Gasteiger partial charge on any atom is 0.573 e. The molecule has 0 saturated heterocycles. The molecule has 12 heteroatoms. The van der Waals surface area contributed by atoms with Gasteiger partial charge >= 0.3 is 6.36 Å². The predicted molar refractivity (Wildman–Crippen MR) is 95.3 cm³/mol. The summed E-state index contributed by atoms with van der Waals surface area (Å²) in [5.74, 6) is -1.03. The van der Waals surface area contributed by atoms with E-state index < -0.39 is 17.9 Å². The van der Waals surface area contributed by atoms with Gasteiger partial charge in [0.15, 0.2) is 11.6 Å². The molecule has 28 heavy (non-hydrogen) atoms. The maximum absolute atomic E-state index is 14.0. The van der Waals surface area contributed by atoms with E-state index in [0.29, 0.717) is 0 Å². The van der Waals surface area contributed by atoms with E-state index in [4.69, 9.17) is 17.3 Å². The summed E-state index contributed by atoms with van der Waals surface area (Å²) >= 11 is 5.78. The number of hydrogen-bond donors (Lipinski definition) is 3. The molecular weight excluding hydrogens is 404 g/mol. The van der Waals surface area contributed by atoms with Crippen LogP contribution >= 0.6 is 11.6 Å². The van der Waals surface area contributed by atoms with E-state index in [2.05, 4.69) is 30.3 Å². The zero-order chi connectivity index (χ0) is 20.3. The lowest BCUT2D eigenvalue weighted by atomic mass is 10.3. The number of alkyl halides is 3. The van der Waals surface area contributed by atoms with Crippen molar-refractivity contribution in [2.24, 2.45) is 0 Å². The fourth-order valence-corrected chi connectivity index (χ4v) is 2.29. The first-order valence-electron chi connectivity index (χ1n) is 7.54. The van der Waals surface area contributed by atoms with E-state index in [1.54, 1.807) is 18.2 Å². The Morgan fingerprint density at radius 3 is 2.54 bits per heavy atom. The van der Waals surface area contributed by atoms with Gasteiger partial charge in [-0.25, -0.2) is 14.4 Å². The number of nitrogens with zero attached hydrogens (tertiary/aromatic N) is 3. The quantitative estimate of drug-likeness (QED) is 0.523. The van der Waals surface area contributed by atoms with Crippen molar-refractivity contribution in [1.82, 2.24) is 15.0 Å². The van der Waals surface area contributed by atoms with Gasteiger partial charge in [-0.2, -0.15) is 4.98 Å². The van der Waals surface area contributed by atoms with Gasteiger partial charge in [-0.15, -0.1) is 13.2 Å². The molecule has 7 nitrogen and oxygen atoms in total. The molecule has 0 bridgehead atoms. The van der Waals surface area contributed by atoms with Gasteiger partial charge < -0.3 is 21.1 Å². The van der Waals surface area contributed by atoms with E-state index in [0.717, 1.165) is 12.3 Å². The average Bonchev–Trinajstić information content (AvgIpc) is 2.59. The first-order chi connectivity index (χ1) is 13.2. The van der Waals surface area contributed by atoms with Crippen LogP contribution in [-0.4, -0.2) is 21.3 Å². The highest BCUT2D eigenvalue weighted by molar-refractivity contribution is 6.32. The molecule has 0 aliphatic rings. The number of nitrogens with one attached hydrogen (secondary N) is 2. The van der Waals surface area contributed by atoms with Crippen LogP contribution in [0.2, 0.25) is 5.02 Å². The summed E-state index contributed by atoms with van der Waals surface area (Å²) in [5, 5.41) is 5.08. The zero-order valence-electron chi connectivity index (χ0n) is 13.8. The Kier molecular flexibility index (Phi) is 5.36. The van der Waals surface area contributed by atoms with Crippen molar-refractivity contribution in [3.05, 3.63) is 53.4 Å². The van der Waals surface area contributed by atoms with Crippen LogP contribution in [0.5, 0.6) is 5.75 Å². The molecule has 0 saturated carbocycles. The van der Waals surface area contributed by atoms with E-state index in [1.165, 1.54) is 12.1 Å². The Morgan fingerprint density at radius 2 is 1.86 bits per heavy atom. The van der Waals surface area contributed by atoms with E-state index >= 15 is 0 Å². The fraction of sp³-hybridized carbons (Fsp3) is 0.0625. The summed E-state index contributed by atoms with van der Waals surface area (Å²) in [5.41, 5.74) is 5.83. The molecule has 0 aliphatic heterocycles. The van der Waals surface area contributed by atoms with Crippen LogP contribution in [0, 0.1) is 5.82 Å². The number of nitrogens with two attached hydrogens (primary N) is 1. The van der Waals surface area contributed by atoms with Gasteiger partial charge in [-0.1, -0.05) is 17.7 Å². The lowest BCUT2D eigenvalue weighted by Gasteiger charge is -2.12. The number of ether oxygens (including phenoxy) is 1. The van der Waals surface area contributed by atoms with Crippen molar-refractivity contribution in [3.63, 3.8) is 0 Å². The largest absolute Gasteiger partial charge is 0.573 e. The van der Waals surface area contributed by atoms with E-state index in [9.17, 15) is 17.6 Å². The van der Waals surface area contributed by atoms with Gasteiger partial charge in [0.05, 0.1) is 11.2 Å². The third-order valence-electron chi connectivity index (χ3n) is 3.17. The number of rotatable bonds is 5. The number of hydrogen-bond acceptors (Lipinski definition) is 7. The highest BCUT2D eigenvalue weighted by Crippen LogP contribution is 2.32. The molecule has 0 radical (unpaired) electrons. The maximum atomic E-state index is 14.0. The van der Waals surface area contributed by atoms with E-state index in [1.807, 2.05) is 0 Å². The Bertz CT molecular complexity index is 1000. The number of anilines is 5. The van der Waals surface area contributed by atoms with Crippen molar-refractivity contribution in [2.75, 3.05) is 16.4 Å². The van der Waals surface area contributed by atoms with Crippen molar-refractivity contribution in [1.29, 1.82) is 0 Å².